The first-order valence-corrected chi connectivity index (χ1v) is 5.45. The molecule has 4 aliphatic rings. The van der Waals surface area contributed by atoms with E-state index < -0.39 is 22.8 Å². The summed E-state index contributed by atoms with van der Waals surface area (Å²) in [5, 5.41) is 12.4. The molecule has 4 aliphatic heterocycles. The van der Waals surface area contributed by atoms with Crippen molar-refractivity contribution in [3.8, 4) is 0 Å². The summed E-state index contributed by atoms with van der Waals surface area (Å²) < 4.78 is 10.5. The van der Waals surface area contributed by atoms with E-state index in [0.29, 0.717) is 0 Å². The molecule has 0 spiro atoms. The van der Waals surface area contributed by atoms with Crippen LogP contribution in [0, 0.1) is 16.0 Å². The van der Waals surface area contributed by atoms with Gasteiger partial charge in [-0.1, -0.05) is 0 Å². The summed E-state index contributed by atoms with van der Waals surface area (Å²) >= 11 is 0. The number of nitrogens with zero attached hydrogens (tertiary/aromatic N) is 1. The molecule has 4 fully saturated rings. The minimum absolute atomic E-state index is 0.0404. The van der Waals surface area contributed by atoms with E-state index in [2.05, 4.69) is 0 Å². The van der Waals surface area contributed by atoms with Crippen LogP contribution < -0.4 is 0 Å². The highest BCUT2D eigenvalue weighted by Gasteiger charge is 2.83. The summed E-state index contributed by atoms with van der Waals surface area (Å²) in [5.74, 6) is -1.11. The van der Waals surface area contributed by atoms with E-state index >= 15 is 0 Å². The summed E-state index contributed by atoms with van der Waals surface area (Å²) in [6.07, 6.45) is 0.858. The standard InChI is InChI=1S/C10H10NO5/c12-7-9-3-11(14)4-10(9,8(13)16-7)6-2-1-5(9)15-6/h5-6H,1-4H2/q-1. The predicted octanol–water partition coefficient (Wildman–Crippen LogP) is -0.583. The van der Waals surface area contributed by atoms with E-state index in [9.17, 15) is 14.8 Å². The maximum Gasteiger partial charge on any atom is 0.325 e. The number of carbonyl (C=O) groups is 2. The molecular weight excluding hydrogens is 214 g/mol. The van der Waals surface area contributed by atoms with Crippen LogP contribution in [0.2, 0.25) is 0 Å². The van der Waals surface area contributed by atoms with E-state index in [1.54, 1.807) is 0 Å². The number of carbonyl (C=O) groups excluding carboxylic acids is 2. The molecule has 0 aliphatic carbocycles. The first-order chi connectivity index (χ1) is 7.61. The van der Waals surface area contributed by atoms with Crippen molar-refractivity contribution in [2.75, 3.05) is 13.1 Å². The second-order valence-electron chi connectivity index (χ2n) is 5.11. The van der Waals surface area contributed by atoms with Gasteiger partial charge in [-0.3, -0.25) is 9.59 Å². The van der Waals surface area contributed by atoms with Gasteiger partial charge in [-0.15, -0.1) is 0 Å². The molecule has 0 amide bonds. The van der Waals surface area contributed by atoms with Gasteiger partial charge in [0.05, 0.1) is 12.2 Å². The molecule has 4 saturated heterocycles. The maximum absolute atomic E-state index is 11.9. The lowest BCUT2D eigenvalue weighted by molar-refractivity contribution is -0.161. The van der Waals surface area contributed by atoms with E-state index in [1.165, 1.54) is 0 Å². The fourth-order valence-corrected chi connectivity index (χ4v) is 4.06. The van der Waals surface area contributed by atoms with Gasteiger partial charge in [-0.25, -0.2) is 0 Å². The Morgan fingerprint density at radius 2 is 1.62 bits per heavy atom. The van der Waals surface area contributed by atoms with Crippen molar-refractivity contribution in [1.29, 1.82) is 0 Å². The molecule has 0 radical (unpaired) electrons. The topological polar surface area (TPSA) is 78.9 Å². The average molecular weight is 224 g/mol. The van der Waals surface area contributed by atoms with Gasteiger partial charge in [0, 0.05) is 13.1 Å². The third-order valence-electron chi connectivity index (χ3n) is 4.68. The number of ether oxygens (including phenoxy) is 2. The molecule has 16 heavy (non-hydrogen) atoms. The van der Waals surface area contributed by atoms with Crippen molar-refractivity contribution in [1.82, 2.24) is 5.06 Å². The Hall–Kier alpha value is -0.980. The molecule has 4 unspecified atom stereocenters. The Kier molecular flexibility index (Phi) is 1.32. The van der Waals surface area contributed by atoms with Gasteiger partial charge in [-0.2, -0.15) is 0 Å². The summed E-state index contributed by atoms with van der Waals surface area (Å²) in [6, 6.07) is 0. The minimum atomic E-state index is -1.01. The van der Waals surface area contributed by atoms with Crippen molar-refractivity contribution >= 4 is 11.9 Å². The molecule has 4 rings (SSSR count). The van der Waals surface area contributed by atoms with Crippen LogP contribution in [0.15, 0.2) is 0 Å². The fraction of sp³-hybridized carbons (Fsp3) is 0.800. The number of hydrogen-bond donors (Lipinski definition) is 0. The normalized spacial score (nSPS) is 54.3. The summed E-state index contributed by atoms with van der Waals surface area (Å²) in [4.78, 5) is 23.8. The third kappa shape index (κ3) is 0.621. The van der Waals surface area contributed by atoms with Crippen molar-refractivity contribution in [3.05, 3.63) is 5.21 Å². The number of fused-ring (bicyclic) bond motifs is 2. The lowest BCUT2D eigenvalue weighted by Crippen LogP contribution is -2.51. The predicted molar refractivity (Wildman–Crippen MR) is 48.8 cm³/mol. The lowest BCUT2D eigenvalue weighted by atomic mass is 9.59. The SMILES string of the molecule is O=C1OC(=O)C23CN([O-])CC12C1CCC3O1. The van der Waals surface area contributed by atoms with Crippen molar-refractivity contribution in [3.63, 3.8) is 0 Å². The van der Waals surface area contributed by atoms with Crippen LogP contribution >= 0.6 is 0 Å². The molecule has 6 heteroatoms. The highest BCUT2D eigenvalue weighted by atomic mass is 16.6. The molecular formula is C10H10NO5-. The number of hydrogen-bond acceptors (Lipinski definition) is 6. The molecule has 0 N–H and O–H groups in total. The molecule has 4 heterocycles. The van der Waals surface area contributed by atoms with Gasteiger partial charge in [0.2, 0.25) is 0 Å². The van der Waals surface area contributed by atoms with Crippen LogP contribution in [0.3, 0.4) is 0 Å². The van der Waals surface area contributed by atoms with Crippen LogP contribution in [-0.4, -0.2) is 42.3 Å². The molecule has 2 bridgehead atoms. The van der Waals surface area contributed by atoms with E-state index in [1.807, 2.05) is 0 Å². The molecule has 0 aromatic carbocycles. The summed E-state index contributed by atoms with van der Waals surface area (Å²) in [6.45, 7) is 0.0808. The summed E-state index contributed by atoms with van der Waals surface area (Å²) in [5.41, 5.74) is -2.01. The van der Waals surface area contributed by atoms with Gasteiger partial charge in [0.15, 0.2) is 0 Å². The maximum atomic E-state index is 11.9. The zero-order valence-corrected chi connectivity index (χ0v) is 8.47. The molecule has 4 atom stereocenters. The highest BCUT2D eigenvalue weighted by molar-refractivity contribution is 6.04. The molecule has 6 nitrogen and oxygen atoms in total. The van der Waals surface area contributed by atoms with Crippen LogP contribution in [-0.2, 0) is 19.1 Å². The Bertz CT molecular complexity index is 387. The molecule has 86 valence electrons. The zero-order valence-electron chi connectivity index (χ0n) is 8.47. The van der Waals surface area contributed by atoms with Crippen molar-refractivity contribution in [2.45, 2.75) is 25.0 Å². The Morgan fingerprint density at radius 3 is 2.12 bits per heavy atom. The van der Waals surface area contributed by atoms with Crippen molar-refractivity contribution in [2.24, 2.45) is 10.8 Å². The first kappa shape index (κ1) is 9.09. The van der Waals surface area contributed by atoms with Gasteiger partial charge < -0.3 is 19.7 Å². The number of rotatable bonds is 0. The van der Waals surface area contributed by atoms with E-state index in [4.69, 9.17) is 9.47 Å². The average Bonchev–Trinajstić information content (AvgIpc) is 2.86. The van der Waals surface area contributed by atoms with Crippen LogP contribution in [0.4, 0.5) is 0 Å². The number of cyclic esters (lactones) is 2. The summed E-state index contributed by atoms with van der Waals surface area (Å²) in [7, 11) is 0. The fourth-order valence-electron chi connectivity index (χ4n) is 4.06. The van der Waals surface area contributed by atoms with Gasteiger partial charge in [0.25, 0.3) is 0 Å². The van der Waals surface area contributed by atoms with Crippen LogP contribution in [0.25, 0.3) is 0 Å². The monoisotopic (exact) mass is 224 g/mol. The highest BCUT2D eigenvalue weighted by Crippen LogP contribution is 2.66. The van der Waals surface area contributed by atoms with E-state index in [0.717, 1.165) is 17.9 Å². The number of hydroxylamine groups is 2. The zero-order chi connectivity index (χ0) is 11.1. The van der Waals surface area contributed by atoms with Gasteiger partial charge in [-0.05, 0) is 12.8 Å². The Labute approximate surface area is 91.1 Å². The second-order valence-corrected chi connectivity index (χ2v) is 5.11. The van der Waals surface area contributed by atoms with Gasteiger partial charge in [0.1, 0.15) is 10.8 Å². The third-order valence-corrected chi connectivity index (χ3v) is 4.68. The van der Waals surface area contributed by atoms with Crippen LogP contribution in [0.5, 0.6) is 0 Å². The smallest absolute Gasteiger partial charge is 0.325 e. The Morgan fingerprint density at radius 1 is 1.12 bits per heavy atom. The van der Waals surface area contributed by atoms with Gasteiger partial charge >= 0.3 is 11.9 Å². The molecule has 0 aromatic heterocycles. The van der Waals surface area contributed by atoms with Crippen LogP contribution in [0.1, 0.15) is 12.8 Å². The Balaban J connectivity index is 1.98. The quantitative estimate of drug-likeness (QED) is 0.404. The molecule has 0 saturated carbocycles. The lowest BCUT2D eigenvalue weighted by Gasteiger charge is -2.33. The first-order valence-electron chi connectivity index (χ1n) is 5.45. The molecule has 0 aromatic rings. The second kappa shape index (κ2) is 2.32. The number of esters is 2. The van der Waals surface area contributed by atoms with Crippen molar-refractivity contribution < 1.29 is 19.1 Å². The van der Waals surface area contributed by atoms with E-state index in [-0.39, 0.29) is 25.3 Å². The largest absolute Gasteiger partial charge is 0.785 e. The minimum Gasteiger partial charge on any atom is -0.785 e.